The highest BCUT2D eigenvalue weighted by Crippen LogP contribution is 2.37. The molecule has 0 saturated heterocycles. The number of rotatable bonds is 8. The van der Waals surface area contributed by atoms with Crippen molar-refractivity contribution in [1.82, 2.24) is 9.97 Å². The van der Waals surface area contributed by atoms with Crippen molar-refractivity contribution >= 4 is 29.7 Å². The van der Waals surface area contributed by atoms with Crippen molar-refractivity contribution in [2.75, 3.05) is 21.3 Å². The van der Waals surface area contributed by atoms with Gasteiger partial charge in [0, 0.05) is 17.5 Å². The van der Waals surface area contributed by atoms with Crippen LogP contribution in [0.5, 0.6) is 0 Å². The molecule has 0 aliphatic rings. The maximum Gasteiger partial charge on any atom is 0.357 e. The third-order valence-electron chi connectivity index (χ3n) is 3.74. The lowest BCUT2D eigenvalue weighted by Gasteiger charge is -2.16. The van der Waals surface area contributed by atoms with E-state index in [-0.39, 0.29) is 28.9 Å². The molecule has 0 radical (unpaired) electrons. The van der Waals surface area contributed by atoms with Crippen LogP contribution in [0.25, 0.3) is 0 Å². The van der Waals surface area contributed by atoms with Crippen LogP contribution in [0.15, 0.2) is 41.4 Å². The second-order valence-electron chi connectivity index (χ2n) is 5.51. The number of carbonyl (C=O) groups is 3. The number of methoxy groups -OCH3 is 3. The zero-order valence-electron chi connectivity index (χ0n) is 15.7. The van der Waals surface area contributed by atoms with E-state index in [1.807, 2.05) is 30.3 Å². The van der Waals surface area contributed by atoms with Crippen LogP contribution in [0.4, 0.5) is 0 Å². The molecule has 0 amide bonds. The van der Waals surface area contributed by atoms with Gasteiger partial charge >= 0.3 is 17.9 Å². The van der Waals surface area contributed by atoms with Crippen molar-refractivity contribution in [2.24, 2.45) is 0 Å². The van der Waals surface area contributed by atoms with Crippen molar-refractivity contribution in [1.29, 1.82) is 0 Å². The summed E-state index contributed by atoms with van der Waals surface area (Å²) in [5.74, 6) is -1.59. The van der Waals surface area contributed by atoms with Crippen molar-refractivity contribution in [3.8, 4) is 0 Å². The number of carbonyl (C=O) groups excluding carboxylic acids is 3. The molecule has 2 rings (SSSR count). The van der Waals surface area contributed by atoms with E-state index >= 15 is 0 Å². The van der Waals surface area contributed by atoms with Crippen LogP contribution >= 0.6 is 11.8 Å². The van der Waals surface area contributed by atoms with Crippen LogP contribution in [0.1, 0.15) is 44.8 Å². The van der Waals surface area contributed by atoms with E-state index in [4.69, 9.17) is 9.47 Å². The zero-order chi connectivity index (χ0) is 20.5. The zero-order valence-corrected chi connectivity index (χ0v) is 16.5. The maximum absolute atomic E-state index is 12.1. The molecule has 148 valence electrons. The van der Waals surface area contributed by atoms with E-state index in [0.717, 1.165) is 4.90 Å². The molecule has 1 unspecified atom stereocenters. The van der Waals surface area contributed by atoms with Crippen LogP contribution < -0.4 is 0 Å². The minimum absolute atomic E-state index is 0.0884. The fourth-order valence-electron chi connectivity index (χ4n) is 2.32. The Bertz CT molecular complexity index is 844. The number of esters is 3. The Morgan fingerprint density at radius 2 is 1.68 bits per heavy atom. The van der Waals surface area contributed by atoms with Gasteiger partial charge in [0.25, 0.3) is 0 Å². The summed E-state index contributed by atoms with van der Waals surface area (Å²) in [7, 11) is 3.71. The molecular formula is C19H20N2O6S. The van der Waals surface area contributed by atoms with Crippen LogP contribution in [0, 0.1) is 0 Å². The lowest BCUT2D eigenvalue weighted by Crippen LogP contribution is -2.17. The fraction of sp³-hybridized carbons (Fsp3) is 0.316. The van der Waals surface area contributed by atoms with E-state index in [0.29, 0.717) is 12.2 Å². The first kappa shape index (κ1) is 21.4. The van der Waals surface area contributed by atoms with Crippen molar-refractivity contribution in [2.45, 2.75) is 23.0 Å². The molecule has 8 nitrogen and oxygen atoms in total. The van der Waals surface area contributed by atoms with E-state index in [1.165, 1.54) is 39.3 Å². The van der Waals surface area contributed by atoms with Gasteiger partial charge in [-0.05, 0) is 18.6 Å². The molecule has 1 aromatic carbocycles. The third kappa shape index (κ3) is 5.53. The van der Waals surface area contributed by atoms with E-state index in [2.05, 4.69) is 14.7 Å². The Kier molecular flexibility index (Phi) is 7.94. The Hall–Kier alpha value is -2.94. The average molecular weight is 404 g/mol. The lowest BCUT2D eigenvalue weighted by molar-refractivity contribution is -0.140. The Balaban J connectivity index is 2.41. The molecule has 1 atom stereocenters. The first-order valence-electron chi connectivity index (χ1n) is 8.32. The summed E-state index contributed by atoms with van der Waals surface area (Å²) in [6, 6.07) is 9.51. The number of nitrogens with zero attached hydrogens (tertiary/aromatic N) is 2. The normalized spacial score (nSPS) is 11.4. The van der Waals surface area contributed by atoms with Crippen LogP contribution in [0.3, 0.4) is 0 Å². The molecule has 9 heteroatoms. The Morgan fingerprint density at radius 3 is 2.29 bits per heavy atom. The highest BCUT2D eigenvalue weighted by Gasteiger charge is 2.25. The number of benzene rings is 1. The molecule has 28 heavy (non-hydrogen) atoms. The maximum atomic E-state index is 12.1. The van der Waals surface area contributed by atoms with Gasteiger partial charge in [0.1, 0.15) is 11.4 Å². The SMILES string of the molecule is COC(=O)CCC(Sc1ccccc1)c1ncc(C(=O)OC)c(C(=O)OC)n1. The second kappa shape index (κ2) is 10.4. The van der Waals surface area contributed by atoms with Gasteiger partial charge in [-0.1, -0.05) is 18.2 Å². The van der Waals surface area contributed by atoms with Gasteiger partial charge in [0.05, 0.1) is 26.6 Å². The number of hydrogen-bond donors (Lipinski definition) is 0. The molecule has 1 aromatic heterocycles. The first-order valence-corrected chi connectivity index (χ1v) is 9.20. The third-order valence-corrected chi connectivity index (χ3v) is 5.01. The number of hydrogen-bond acceptors (Lipinski definition) is 9. The summed E-state index contributed by atoms with van der Waals surface area (Å²) >= 11 is 1.44. The summed E-state index contributed by atoms with van der Waals surface area (Å²) in [5.41, 5.74) is -0.273. The smallest absolute Gasteiger partial charge is 0.357 e. The van der Waals surface area contributed by atoms with Crippen LogP contribution in [-0.2, 0) is 19.0 Å². The van der Waals surface area contributed by atoms with E-state index in [9.17, 15) is 14.4 Å². The standard InChI is InChI=1S/C19H20N2O6S/c1-25-15(22)10-9-14(28-12-7-5-4-6-8-12)17-20-11-13(18(23)26-2)16(21-17)19(24)27-3/h4-8,11,14H,9-10H2,1-3H3. The lowest BCUT2D eigenvalue weighted by atomic mass is 10.2. The highest BCUT2D eigenvalue weighted by molar-refractivity contribution is 7.99. The molecule has 0 saturated carbocycles. The van der Waals surface area contributed by atoms with Crippen molar-refractivity contribution < 1.29 is 28.6 Å². The minimum Gasteiger partial charge on any atom is -0.469 e. The molecule has 0 bridgehead atoms. The molecule has 2 aromatic rings. The quantitative estimate of drug-likeness (QED) is 0.373. The van der Waals surface area contributed by atoms with Crippen molar-refractivity contribution in [3.63, 3.8) is 0 Å². The van der Waals surface area contributed by atoms with Gasteiger partial charge in [0.2, 0.25) is 0 Å². The van der Waals surface area contributed by atoms with Crippen LogP contribution in [-0.4, -0.2) is 49.2 Å². The molecular weight excluding hydrogens is 384 g/mol. The summed E-state index contributed by atoms with van der Waals surface area (Å²) < 4.78 is 14.1. The largest absolute Gasteiger partial charge is 0.469 e. The monoisotopic (exact) mass is 404 g/mol. The van der Waals surface area contributed by atoms with Gasteiger partial charge in [0.15, 0.2) is 5.69 Å². The molecule has 0 aliphatic carbocycles. The molecule has 0 fully saturated rings. The molecule has 0 aliphatic heterocycles. The van der Waals surface area contributed by atoms with Gasteiger partial charge < -0.3 is 14.2 Å². The van der Waals surface area contributed by atoms with E-state index < -0.39 is 11.9 Å². The summed E-state index contributed by atoms with van der Waals surface area (Å²) in [4.78, 5) is 45.0. The van der Waals surface area contributed by atoms with Crippen molar-refractivity contribution in [3.05, 3.63) is 53.6 Å². The summed E-state index contributed by atoms with van der Waals surface area (Å²) in [6.45, 7) is 0. The second-order valence-corrected chi connectivity index (χ2v) is 6.78. The first-order chi connectivity index (χ1) is 13.5. The number of aromatic nitrogens is 2. The predicted octanol–water partition coefficient (Wildman–Crippen LogP) is 2.84. The summed E-state index contributed by atoms with van der Waals surface area (Å²) in [5, 5.41) is -0.350. The van der Waals surface area contributed by atoms with Gasteiger partial charge in [-0.25, -0.2) is 19.6 Å². The predicted molar refractivity (Wildman–Crippen MR) is 101 cm³/mol. The van der Waals surface area contributed by atoms with Crippen LogP contribution in [0.2, 0.25) is 0 Å². The number of thioether (sulfide) groups is 1. The fourth-order valence-corrected chi connectivity index (χ4v) is 3.41. The topological polar surface area (TPSA) is 105 Å². The summed E-state index contributed by atoms with van der Waals surface area (Å²) in [6.07, 6.45) is 1.76. The van der Waals surface area contributed by atoms with E-state index in [1.54, 1.807) is 0 Å². The van der Waals surface area contributed by atoms with Gasteiger partial charge in [-0.2, -0.15) is 0 Å². The average Bonchev–Trinajstić information content (AvgIpc) is 2.75. The Morgan fingerprint density at radius 1 is 1.00 bits per heavy atom. The minimum atomic E-state index is -0.777. The van der Waals surface area contributed by atoms with Gasteiger partial charge in [-0.3, -0.25) is 4.79 Å². The Labute approximate surface area is 166 Å². The number of ether oxygens (including phenoxy) is 3. The highest BCUT2D eigenvalue weighted by atomic mass is 32.2. The molecule has 1 heterocycles. The molecule has 0 spiro atoms. The molecule has 0 N–H and O–H groups in total. The van der Waals surface area contributed by atoms with Gasteiger partial charge in [-0.15, -0.1) is 11.8 Å².